The summed E-state index contributed by atoms with van der Waals surface area (Å²) in [6.45, 7) is 11.8. The molecule has 2 N–H and O–H groups in total. The van der Waals surface area contributed by atoms with E-state index in [0.29, 0.717) is 22.5 Å². The number of aromatic amines is 2. The van der Waals surface area contributed by atoms with Gasteiger partial charge in [0.25, 0.3) is 11.1 Å². The van der Waals surface area contributed by atoms with Crippen molar-refractivity contribution in [1.29, 1.82) is 0 Å². The molecule has 5 rings (SSSR count). The van der Waals surface area contributed by atoms with Crippen molar-refractivity contribution in [3.63, 3.8) is 0 Å². The summed E-state index contributed by atoms with van der Waals surface area (Å²) < 4.78 is 3.08. The van der Waals surface area contributed by atoms with Gasteiger partial charge in [-0.1, -0.05) is 12.1 Å². The Labute approximate surface area is 232 Å². The highest BCUT2D eigenvalue weighted by Gasteiger charge is 2.12. The molecule has 40 heavy (non-hydrogen) atoms. The molecule has 0 saturated carbocycles. The van der Waals surface area contributed by atoms with Crippen LogP contribution in [-0.2, 0) is 0 Å². The van der Waals surface area contributed by atoms with Crippen molar-refractivity contribution in [2.75, 3.05) is 0 Å². The molecule has 5 aromatic rings. The monoisotopic (exact) mass is 532 g/mol. The zero-order chi connectivity index (χ0) is 28.6. The number of benzene rings is 3. The molecule has 0 aliphatic carbocycles. The van der Waals surface area contributed by atoms with E-state index in [1.165, 1.54) is 20.5 Å². The van der Waals surface area contributed by atoms with E-state index in [-0.39, 0.29) is 11.1 Å². The van der Waals surface area contributed by atoms with Crippen LogP contribution < -0.4 is 11.1 Å². The number of nitrogens with one attached hydrogen (secondary N) is 2. The Kier molecular flexibility index (Phi) is 7.09. The minimum Gasteiger partial charge on any atom is -0.295 e. The molecular weight excluding hydrogens is 500 g/mol. The first-order chi connectivity index (χ1) is 19.1. The lowest BCUT2D eigenvalue weighted by Gasteiger charge is -2.05. The van der Waals surface area contributed by atoms with E-state index in [2.05, 4.69) is 20.2 Å². The van der Waals surface area contributed by atoms with Crippen molar-refractivity contribution in [1.82, 2.24) is 19.6 Å². The number of rotatable bonds is 6. The average molecular weight is 533 g/mol. The Morgan fingerprint density at radius 2 is 0.925 bits per heavy atom. The number of aryl methyl sites for hydroxylation is 6. The quantitative estimate of drug-likeness (QED) is 0.262. The van der Waals surface area contributed by atoms with Crippen molar-refractivity contribution in [3.8, 4) is 11.4 Å². The van der Waals surface area contributed by atoms with Gasteiger partial charge in [0, 0.05) is 23.8 Å². The third-order valence-corrected chi connectivity index (χ3v) is 7.27. The van der Waals surface area contributed by atoms with E-state index < -0.39 is 0 Å². The highest BCUT2D eigenvalue weighted by atomic mass is 16.1. The number of hydrogen-bond acceptors (Lipinski definition) is 4. The van der Waals surface area contributed by atoms with Gasteiger partial charge in [-0.15, -0.1) is 0 Å². The first-order valence-electron chi connectivity index (χ1n) is 13.1. The number of nitrogens with zero attached hydrogens (tertiary/aromatic N) is 4. The molecular formula is C32H32N6O2. The van der Waals surface area contributed by atoms with Crippen LogP contribution >= 0.6 is 0 Å². The molecule has 8 heteroatoms. The van der Waals surface area contributed by atoms with E-state index in [1.54, 1.807) is 12.4 Å². The predicted octanol–water partition coefficient (Wildman–Crippen LogP) is 6.00. The summed E-state index contributed by atoms with van der Waals surface area (Å²) in [5.74, 6) is 0. The minimum absolute atomic E-state index is 0.154. The molecule has 2 aromatic heterocycles. The first-order valence-corrected chi connectivity index (χ1v) is 13.1. The van der Waals surface area contributed by atoms with Crippen LogP contribution in [0.3, 0.4) is 0 Å². The minimum atomic E-state index is -0.154. The lowest BCUT2D eigenvalue weighted by Crippen LogP contribution is -2.17. The Bertz CT molecular complexity index is 1760. The van der Waals surface area contributed by atoms with Crippen molar-refractivity contribution >= 4 is 23.8 Å². The molecule has 0 fully saturated rings. The smallest absolute Gasteiger partial charge is 0.280 e. The average Bonchev–Trinajstić information content (AvgIpc) is 3.38. The van der Waals surface area contributed by atoms with Gasteiger partial charge in [-0.2, -0.15) is 0 Å². The van der Waals surface area contributed by atoms with Gasteiger partial charge in [0.05, 0.1) is 33.9 Å². The van der Waals surface area contributed by atoms with Gasteiger partial charge in [0.2, 0.25) is 0 Å². The zero-order valence-corrected chi connectivity index (χ0v) is 23.5. The van der Waals surface area contributed by atoms with Gasteiger partial charge in [-0.3, -0.25) is 29.8 Å². The second kappa shape index (κ2) is 10.6. The number of aromatic nitrogens is 4. The van der Waals surface area contributed by atoms with Crippen molar-refractivity contribution in [2.45, 2.75) is 41.5 Å². The summed E-state index contributed by atoms with van der Waals surface area (Å²) in [5.41, 5.74) is 9.71. The van der Waals surface area contributed by atoms with Gasteiger partial charge in [0.15, 0.2) is 0 Å². The molecule has 0 aliphatic rings. The zero-order valence-electron chi connectivity index (χ0n) is 23.5. The van der Waals surface area contributed by atoms with Crippen LogP contribution in [0.25, 0.3) is 11.4 Å². The second-order valence-corrected chi connectivity index (χ2v) is 10.2. The third-order valence-electron chi connectivity index (χ3n) is 7.27. The predicted molar refractivity (Wildman–Crippen MR) is 162 cm³/mol. The van der Waals surface area contributed by atoms with Crippen LogP contribution in [0.2, 0.25) is 0 Å². The van der Waals surface area contributed by atoms with Crippen LogP contribution in [0, 0.1) is 41.5 Å². The van der Waals surface area contributed by atoms with Crippen LogP contribution in [0.1, 0.15) is 44.8 Å². The molecule has 202 valence electrons. The third kappa shape index (κ3) is 5.16. The molecule has 0 aliphatic heterocycles. The van der Waals surface area contributed by atoms with E-state index in [9.17, 15) is 9.59 Å². The van der Waals surface area contributed by atoms with Crippen LogP contribution in [0.15, 0.2) is 80.2 Å². The molecule has 0 spiro atoms. The van der Waals surface area contributed by atoms with Gasteiger partial charge in [-0.25, -0.2) is 9.36 Å². The van der Waals surface area contributed by atoms with E-state index in [0.717, 1.165) is 33.9 Å². The number of H-pyrrole nitrogens is 2. The summed E-state index contributed by atoms with van der Waals surface area (Å²) in [6, 6.07) is 19.1. The van der Waals surface area contributed by atoms with Gasteiger partial charge < -0.3 is 0 Å². The molecule has 8 nitrogen and oxygen atoms in total. The van der Waals surface area contributed by atoms with E-state index >= 15 is 0 Å². The summed E-state index contributed by atoms with van der Waals surface area (Å²) >= 11 is 0. The highest BCUT2D eigenvalue weighted by molar-refractivity contribution is 5.84. The van der Waals surface area contributed by atoms with E-state index in [4.69, 9.17) is 0 Å². The van der Waals surface area contributed by atoms with Gasteiger partial charge >= 0.3 is 0 Å². The largest absolute Gasteiger partial charge is 0.295 e. The van der Waals surface area contributed by atoms with Crippen molar-refractivity contribution < 1.29 is 0 Å². The summed E-state index contributed by atoms with van der Waals surface area (Å²) in [7, 11) is 0. The number of hydrogen-bond donors (Lipinski definition) is 2. The summed E-state index contributed by atoms with van der Waals surface area (Å²) in [6.07, 6.45) is 3.17. The Balaban J connectivity index is 1.34. The molecule has 0 atom stereocenters. The van der Waals surface area contributed by atoms with E-state index in [1.807, 2.05) is 102 Å². The fourth-order valence-corrected chi connectivity index (χ4v) is 4.42. The molecule has 0 unspecified atom stereocenters. The fraction of sp³-hybridized carbons (Fsp3) is 0.188. The maximum Gasteiger partial charge on any atom is 0.280 e. The molecule has 0 bridgehead atoms. The van der Waals surface area contributed by atoms with Crippen LogP contribution in [0.5, 0.6) is 0 Å². The maximum absolute atomic E-state index is 13.1. The lowest BCUT2D eigenvalue weighted by molar-refractivity contribution is 0.833. The number of aliphatic imine (C=N–C) groups is 2. The highest BCUT2D eigenvalue weighted by Crippen LogP contribution is 2.19. The topological polar surface area (TPSA) is 100 Å². The Hall–Kier alpha value is -4.98. The summed E-state index contributed by atoms with van der Waals surface area (Å²) in [4.78, 5) is 35.1. The van der Waals surface area contributed by atoms with Crippen molar-refractivity contribution in [2.24, 2.45) is 9.98 Å². The fourth-order valence-electron chi connectivity index (χ4n) is 4.42. The first kappa shape index (κ1) is 26.6. The second-order valence-electron chi connectivity index (χ2n) is 10.2. The SMILES string of the molecule is Cc1ccc(-n2[nH]c(C)c(C=Nc3ccc(N=Cc4c(C)[nH]n(-c5ccc(C)c(C)c5)c4=O)cc3)c2=O)cc1C. The molecule has 3 aromatic carbocycles. The van der Waals surface area contributed by atoms with Crippen LogP contribution in [-0.4, -0.2) is 32.0 Å². The molecule has 2 heterocycles. The van der Waals surface area contributed by atoms with Gasteiger partial charge in [-0.05, 0) is 112 Å². The standard InChI is InChI=1S/C32H32N6O2/c1-19-7-13-27(15-21(19)3)37-31(39)29(23(5)35-37)17-33-25-9-11-26(12-10-25)34-18-30-24(6)36-38(32(30)40)28-14-8-20(2)22(4)16-28/h7-18,35-36H,1-6H3. The molecule has 0 saturated heterocycles. The van der Waals surface area contributed by atoms with Crippen LogP contribution in [0.4, 0.5) is 11.4 Å². The summed E-state index contributed by atoms with van der Waals surface area (Å²) in [5, 5.41) is 6.29. The maximum atomic E-state index is 13.1. The normalized spacial score (nSPS) is 11.8. The van der Waals surface area contributed by atoms with Crippen molar-refractivity contribution in [3.05, 3.63) is 126 Å². The van der Waals surface area contributed by atoms with Gasteiger partial charge in [0.1, 0.15) is 0 Å². The molecule has 0 radical (unpaired) electrons. The Morgan fingerprint density at radius 1 is 0.550 bits per heavy atom. The Morgan fingerprint density at radius 3 is 1.27 bits per heavy atom. The lowest BCUT2D eigenvalue weighted by atomic mass is 10.1. The molecule has 0 amide bonds.